The van der Waals surface area contributed by atoms with Crippen LogP contribution in [0.1, 0.15) is 20.8 Å². The van der Waals surface area contributed by atoms with Crippen LogP contribution in [0.2, 0.25) is 0 Å². The van der Waals surface area contributed by atoms with Crippen molar-refractivity contribution in [3.63, 3.8) is 0 Å². The Hall–Kier alpha value is -3.87. The SMILES string of the molecule is COC(=O)c1cccc(Nc2ccc(C(=O)Nc3ccc(N(C)C)cc3)nc2)c1. The number of rotatable bonds is 6. The van der Waals surface area contributed by atoms with Crippen LogP contribution in [-0.2, 0) is 4.74 Å². The molecule has 29 heavy (non-hydrogen) atoms. The molecule has 0 unspecified atom stereocenters. The van der Waals surface area contributed by atoms with Crippen LogP contribution in [-0.4, -0.2) is 38.1 Å². The van der Waals surface area contributed by atoms with Crippen LogP contribution in [0.3, 0.4) is 0 Å². The van der Waals surface area contributed by atoms with E-state index in [0.29, 0.717) is 28.3 Å². The van der Waals surface area contributed by atoms with Gasteiger partial charge in [0, 0.05) is 31.2 Å². The lowest BCUT2D eigenvalue weighted by Gasteiger charge is -2.13. The zero-order valence-corrected chi connectivity index (χ0v) is 16.5. The number of benzene rings is 2. The van der Waals surface area contributed by atoms with Gasteiger partial charge in [0.25, 0.3) is 5.91 Å². The maximum Gasteiger partial charge on any atom is 0.337 e. The summed E-state index contributed by atoms with van der Waals surface area (Å²) in [4.78, 5) is 30.2. The molecule has 2 N–H and O–H groups in total. The molecule has 0 aliphatic carbocycles. The molecule has 0 aliphatic heterocycles. The van der Waals surface area contributed by atoms with Crippen molar-refractivity contribution in [1.29, 1.82) is 0 Å². The fraction of sp³-hybridized carbons (Fsp3) is 0.136. The van der Waals surface area contributed by atoms with E-state index in [2.05, 4.69) is 15.6 Å². The molecule has 0 saturated heterocycles. The summed E-state index contributed by atoms with van der Waals surface area (Å²) >= 11 is 0. The molecule has 0 radical (unpaired) electrons. The molecule has 0 fully saturated rings. The molecule has 7 heteroatoms. The third-order valence-electron chi connectivity index (χ3n) is 4.21. The normalized spacial score (nSPS) is 10.2. The molecule has 3 aromatic rings. The molecule has 1 amide bonds. The molecule has 0 spiro atoms. The Morgan fingerprint density at radius 3 is 2.28 bits per heavy atom. The topological polar surface area (TPSA) is 83.6 Å². The Morgan fingerprint density at radius 2 is 1.66 bits per heavy atom. The van der Waals surface area contributed by atoms with E-state index in [9.17, 15) is 9.59 Å². The van der Waals surface area contributed by atoms with Gasteiger partial charge < -0.3 is 20.3 Å². The zero-order valence-electron chi connectivity index (χ0n) is 16.5. The number of ether oxygens (including phenoxy) is 1. The number of hydrogen-bond acceptors (Lipinski definition) is 6. The predicted octanol–water partition coefficient (Wildman–Crippen LogP) is 3.93. The molecule has 0 atom stereocenters. The first-order chi connectivity index (χ1) is 14.0. The van der Waals surface area contributed by atoms with Crippen molar-refractivity contribution in [2.45, 2.75) is 0 Å². The fourth-order valence-electron chi connectivity index (χ4n) is 2.65. The largest absolute Gasteiger partial charge is 0.465 e. The second-order valence-corrected chi connectivity index (χ2v) is 6.52. The maximum absolute atomic E-state index is 12.4. The predicted molar refractivity (Wildman–Crippen MR) is 114 cm³/mol. The van der Waals surface area contributed by atoms with Gasteiger partial charge in [0.15, 0.2) is 0 Å². The van der Waals surface area contributed by atoms with Gasteiger partial charge in [-0.25, -0.2) is 9.78 Å². The van der Waals surface area contributed by atoms with Gasteiger partial charge >= 0.3 is 5.97 Å². The number of carbonyl (C=O) groups is 2. The van der Waals surface area contributed by atoms with Crippen LogP contribution in [0.5, 0.6) is 0 Å². The van der Waals surface area contributed by atoms with Gasteiger partial charge in [-0.15, -0.1) is 0 Å². The third kappa shape index (κ3) is 5.10. The molecule has 1 heterocycles. The summed E-state index contributed by atoms with van der Waals surface area (Å²) in [5.74, 6) is -0.695. The average molecular weight is 390 g/mol. The monoisotopic (exact) mass is 390 g/mol. The van der Waals surface area contributed by atoms with Gasteiger partial charge in [0.2, 0.25) is 0 Å². The van der Waals surface area contributed by atoms with Crippen molar-refractivity contribution in [3.8, 4) is 0 Å². The number of aromatic nitrogens is 1. The molecule has 148 valence electrons. The maximum atomic E-state index is 12.4. The van der Waals surface area contributed by atoms with Gasteiger partial charge in [-0.2, -0.15) is 0 Å². The molecule has 0 aliphatic rings. The molecule has 0 saturated carbocycles. The number of nitrogens with zero attached hydrogens (tertiary/aromatic N) is 2. The highest BCUT2D eigenvalue weighted by molar-refractivity contribution is 6.03. The van der Waals surface area contributed by atoms with E-state index in [1.54, 1.807) is 36.5 Å². The Kier molecular flexibility index (Phi) is 6.09. The second kappa shape index (κ2) is 8.88. The number of pyridine rings is 1. The number of amides is 1. The molecular weight excluding hydrogens is 368 g/mol. The van der Waals surface area contributed by atoms with Crippen LogP contribution < -0.4 is 15.5 Å². The van der Waals surface area contributed by atoms with E-state index in [0.717, 1.165) is 5.69 Å². The first-order valence-electron chi connectivity index (χ1n) is 8.96. The van der Waals surface area contributed by atoms with Crippen molar-refractivity contribution in [1.82, 2.24) is 4.98 Å². The lowest BCUT2D eigenvalue weighted by atomic mass is 10.2. The second-order valence-electron chi connectivity index (χ2n) is 6.52. The molecule has 1 aromatic heterocycles. The van der Waals surface area contributed by atoms with E-state index in [-0.39, 0.29) is 5.91 Å². The lowest BCUT2D eigenvalue weighted by Crippen LogP contribution is -2.14. The first kappa shape index (κ1) is 19.9. The molecule has 0 bridgehead atoms. The number of carbonyl (C=O) groups excluding carboxylic acids is 2. The van der Waals surface area contributed by atoms with E-state index < -0.39 is 5.97 Å². The summed E-state index contributed by atoms with van der Waals surface area (Å²) in [5, 5.41) is 5.98. The Bertz CT molecular complexity index is 999. The number of esters is 1. The van der Waals surface area contributed by atoms with Crippen molar-refractivity contribution in [3.05, 3.63) is 78.1 Å². The van der Waals surface area contributed by atoms with E-state index >= 15 is 0 Å². The van der Waals surface area contributed by atoms with E-state index in [1.807, 2.05) is 49.3 Å². The average Bonchev–Trinajstić information content (AvgIpc) is 2.74. The summed E-state index contributed by atoms with van der Waals surface area (Å²) in [5.41, 5.74) is 3.90. The molecule has 7 nitrogen and oxygen atoms in total. The van der Waals surface area contributed by atoms with Crippen LogP contribution in [0.25, 0.3) is 0 Å². The van der Waals surface area contributed by atoms with Gasteiger partial charge in [-0.05, 0) is 54.6 Å². The highest BCUT2D eigenvalue weighted by Gasteiger charge is 2.09. The minimum atomic E-state index is -0.405. The van der Waals surface area contributed by atoms with Gasteiger partial charge in [-0.3, -0.25) is 4.79 Å². The summed E-state index contributed by atoms with van der Waals surface area (Å²) < 4.78 is 4.72. The lowest BCUT2D eigenvalue weighted by molar-refractivity contribution is 0.0600. The fourth-order valence-corrected chi connectivity index (χ4v) is 2.65. The van der Waals surface area contributed by atoms with Crippen molar-refractivity contribution >= 4 is 34.6 Å². The number of hydrogen-bond donors (Lipinski definition) is 2. The first-order valence-corrected chi connectivity index (χ1v) is 8.96. The number of methoxy groups -OCH3 is 1. The minimum absolute atomic E-state index is 0.290. The Balaban J connectivity index is 1.65. The molecular formula is C22H22N4O3. The highest BCUT2D eigenvalue weighted by atomic mass is 16.5. The van der Waals surface area contributed by atoms with Crippen molar-refractivity contribution in [2.75, 3.05) is 36.7 Å². The summed E-state index contributed by atoms with van der Waals surface area (Å²) in [6, 6.07) is 17.9. The third-order valence-corrected chi connectivity index (χ3v) is 4.21. The molecule has 3 rings (SSSR count). The van der Waals surface area contributed by atoms with Gasteiger partial charge in [0.1, 0.15) is 5.69 Å². The van der Waals surface area contributed by atoms with Crippen LogP contribution in [0.15, 0.2) is 66.9 Å². The summed E-state index contributed by atoms with van der Waals surface area (Å²) in [6.07, 6.45) is 1.56. The quantitative estimate of drug-likeness (QED) is 0.621. The van der Waals surface area contributed by atoms with Crippen LogP contribution in [0.4, 0.5) is 22.7 Å². The van der Waals surface area contributed by atoms with Crippen molar-refractivity contribution < 1.29 is 14.3 Å². The number of nitrogens with one attached hydrogen (secondary N) is 2. The number of anilines is 4. The molecule has 2 aromatic carbocycles. The summed E-state index contributed by atoms with van der Waals surface area (Å²) in [6.45, 7) is 0. The van der Waals surface area contributed by atoms with E-state index in [4.69, 9.17) is 4.74 Å². The van der Waals surface area contributed by atoms with Crippen LogP contribution in [0, 0.1) is 0 Å². The summed E-state index contributed by atoms with van der Waals surface area (Å²) in [7, 11) is 5.25. The van der Waals surface area contributed by atoms with Gasteiger partial charge in [-0.1, -0.05) is 6.07 Å². The van der Waals surface area contributed by atoms with E-state index in [1.165, 1.54) is 7.11 Å². The highest BCUT2D eigenvalue weighted by Crippen LogP contribution is 2.19. The minimum Gasteiger partial charge on any atom is -0.465 e. The van der Waals surface area contributed by atoms with Crippen molar-refractivity contribution in [2.24, 2.45) is 0 Å². The van der Waals surface area contributed by atoms with Gasteiger partial charge in [0.05, 0.1) is 24.6 Å². The Labute approximate surface area is 169 Å². The smallest absolute Gasteiger partial charge is 0.337 e. The standard InChI is InChI=1S/C22H22N4O3/c1-26(2)19-10-7-16(8-11-19)25-21(27)20-12-9-18(14-23-20)24-17-6-4-5-15(13-17)22(28)29-3/h4-14,24H,1-3H3,(H,25,27). The Morgan fingerprint density at radius 1 is 0.931 bits per heavy atom. The van der Waals surface area contributed by atoms with Crippen LogP contribution >= 0.6 is 0 Å². The zero-order chi connectivity index (χ0) is 20.8.